The fourth-order valence-electron chi connectivity index (χ4n) is 2.43. The minimum Gasteiger partial charge on any atom is -0.490 e. The molecule has 2 rings (SSSR count). The fourth-order valence-corrected chi connectivity index (χ4v) is 2.43. The molecule has 0 heterocycles. The van der Waals surface area contributed by atoms with E-state index < -0.39 is 5.97 Å². The number of hydrogen-bond donors (Lipinski definition) is 0. The van der Waals surface area contributed by atoms with E-state index in [4.69, 9.17) is 14.2 Å². The predicted molar refractivity (Wildman–Crippen MR) is 109 cm³/mol. The number of benzene rings is 2. The largest absolute Gasteiger partial charge is 0.490 e. The third-order valence-corrected chi connectivity index (χ3v) is 4.13. The van der Waals surface area contributed by atoms with Crippen LogP contribution in [0.25, 0.3) is 6.08 Å². The Bertz CT molecular complexity index is 793. The van der Waals surface area contributed by atoms with Crippen molar-refractivity contribution in [1.29, 1.82) is 0 Å². The van der Waals surface area contributed by atoms with Gasteiger partial charge in [0, 0.05) is 6.08 Å². The zero-order valence-electron chi connectivity index (χ0n) is 16.6. The Hall–Kier alpha value is -2.75. The first-order valence-corrected chi connectivity index (χ1v) is 9.40. The summed E-state index contributed by atoms with van der Waals surface area (Å²) in [5.41, 5.74) is 3.10. The van der Waals surface area contributed by atoms with Gasteiger partial charge in [0.2, 0.25) is 0 Å². The number of rotatable bonds is 9. The van der Waals surface area contributed by atoms with Crippen LogP contribution in [-0.2, 0) is 4.79 Å². The Morgan fingerprint density at radius 3 is 2.48 bits per heavy atom. The molecule has 0 fully saturated rings. The molecule has 144 valence electrons. The van der Waals surface area contributed by atoms with Crippen LogP contribution in [-0.4, -0.2) is 19.2 Å². The van der Waals surface area contributed by atoms with Crippen molar-refractivity contribution in [3.05, 3.63) is 59.2 Å². The highest BCUT2D eigenvalue weighted by molar-refractivity contribution is 5.88. The van der Waals surface area contributed by atoms with E-state index in [1.807, 2.05) is 51.1 Å². The van der Waals surface area contributed by atoms with Gasteiger partial charge in [0.05, 0.1) is 13.2 Å². The highest BCUT2D eigenvalue weighted by Crippen LogP contribution is 2.29. The monoisotopic (exact) mass is 368 g/mol. The van der Waals surface area contributed by atoms with Gasteiger partial charge in [-0.15, -0.1) is 0 Å². The number of aryl methyl sites for hydroxylation is 2. The number of hydrogen-bond acceptors (Lipinski definition) is 4. The van der Waals surface area contributed by atoms with Crippen molar-refractivity contribution in [2.75, 3.05) is 13.2 Å². The molecule has 0 N–H and O–H groups in total. The van der Waals surface area contributed by atoms with E-state index in [9.17, 15) is 4.79 Å². The van der Waals surface area contributed by atoms with Gasteiger partial charge in [-0.1, -0.05) is 25.5 Å². The van der Waals surface area contributed by atoms with Crippen molar-refractivity contribution in [1.82, 2.24) is 0 Å². The first-order valence-electron chi connectivity index (χ1n) is 9.40. The summed E-state index contributed by atoms with van der Waals surface area (Å²) in [5, 5.41) is 0. The summed E-state index contributed by atoms with van der Waals surface area (Å²) in [5.74, 6) is 1.53. The lowest BCUT2D eigenvalue weighted by Crippen LogP contribution is -2.04. The summed E-state index contributed by atoms with van der Waals surface area (Å²) in [6, 6.07) is 11.2. The topological polar surface area (TPSA) is 44.8 Å². The lowest BCUT2D eigenvalue weighted by Gasteiger charge is -2.12. The molecule has 0 aliphatic rings. The van der Waals surface area contributed by atoms with Gasteiger partial charge in [-0.05, 0) is 74.2 Å². The summed E-state index contributed by atoms with van der Waals surface area (Å²) < 4.78 is 16.8. The van der Waals surface area contributed by atoms with Crippen molar-refractivity contribution in [2.45, 2.75) is 40.5 Å². The molecular formula is C23H28O4. The molecule has 0 unspecified atom stereocenters. The van der Waals surface area contributed by atoms with Crippen LogP contribution in [0.3, 0.4) is 0 Å². The number of carbonyl (C=O) groups excluding carboxylic acids is 1. The molecule has 0 saturated heterocycles. The van der Waals surface area contributed by atoms with E-state index in [0.717, 1.165) is 35.3 Å². The molecule has 0 aliphatic heterocycles. The Morgan fingerprint density at radius 2 is 1.78 bits per heavy atom. The average Bonchev–Trinajstić information content (AvgIpc) is 2.65. The van der Waals surface area contributed by atoms with Gasteiger partial charge in [-0.3, -0.25) is 0 Å². The average molecular weight is 368 g/mol. The zero-order chi connectivity index (χ0) is 19.6. The van der Waals surface area contributed by atoms with Crippen molar-refractivity contribution in [3.8, 4) is 17.2 Å². The lowest BCUT2D eigenvalue weighted by atomic mass is 10.1. The molecule has 0 saturated carbocycles. The maximum atomic E-state index is 12.1. The van der Waals surface area contributed by atoms with Crippen molar-refractivity contribution < 1.29 is 19.0 Å². The van der Waals surface area contributed by atoms with Gasteiger partial charge >= 0.3 is 5.97 Å². The molecule has 27 heavy (non-hydrogen) atoms. The quantitative estimate of drug-likeness (QED) is 0.254. The minimum absolute atomic E-state index is 0.417. The molecule has 0 atom stereocenters. The summed E-state index contributed by atoms with van der Waals surface area (Å²) >= 11 is 0. The van der Waals surface area contributed by atoms with E-state index >= 15 is 0 Å². The molecule has 4 heteroatoms. The first-order chi connectivity index (χ1) is 13.0. The summed E-state index contributed by atoms with van der Waals surface area (Å²) in [4.78, 5) is 12.1. The predicted octanol–water partition coefficient (Wildman–Crippen LogP) is 5.50. The van der Waals surface area contributed by atoms with E-state index in [1.165, 1.54) is 6.08 Å². The van der Waals surface area contributed by atoms with Crippen LogP contribution in [0.1, 0.15) is 43.4 Å². The Morgan fingerprint density at radius 1 is 0.963 bits per heavy atom. The minimum atomic E-state index is -0.417. The molecular weight excluding hydrogens is 340 g/mol. The zero-order valence-corrected chi connectivity index (χ0v) is 16.6. The molecule has 4 nitrogen and oxygen atoms in total. The molecule has 2 aromatic rings. The maximum Gasteiger partial charge on any atom is 0.336 e. The second-order valence-electron chi connectivity index (χ2n) is 6.34. The second kappa shape index (κ2) is 10.4. The van der Waals surface area contributed by atoms with Crippen LogP contribution >= 0.6 is 0 Å². The van der Waals surface area contributed by atoms with Crippen LogP contribution in [0.5, 0.6) is 17.2 Å². The summed E-state index contributed by atoms with van der Waals surface area (Å²) in [6.45, 7) is 9.27. The van der Waals surface area contributed by atoms with Crippen LogP contribution in [0.4, 0.5) is 0 Å². The Balaban J connectivity index is 2.04. The molecule has 0 amide bonds. The number of ether oxygens (including phenoxy) is 3. The highest BCUT2D eigenvalue weighted by Gasteiger charge is 2.07. The molecule has 0 radical (unpaired) electrons. The molecule has 0 aliphatic carbocycles. The Labute approximate surface area is 161 Å². The lowest BCUT2D eigenvalue weighted by molar-refractivity contribution is -0.128. The SMILES string of the molecule is CCCCOc1ccc(/C=C/C(=O)Oc2ccc(C)c(C)c2)cc1OCC. The van der Waals surface area contributed by atoms with Crippen molar-refractivity contribution in [3.63, 3.8) is 0 Å². The van der Waals surface area contributed by atoms with Crippen molar-refractivity contribution >= 4 is 12.0 Å². The van der Waals surface area contributed by atoms with Gasteiger partial charge in [-0.25, -0.2) is 4.79 Å². The van der Waals surface area contributed by atoms with Crippen molar-refractivity contribution in [2.24, 2.45) is 0 Å². The third kappa shape index (κ3) is 6.48. The molecule has 2 aromatic carbocycles. The van der Waals surface area contributed by atoms with Gasteiger partial charge in [0.15, 0.2) is 11.5 Å². The van der Waals surface area contributed by atoms with E-state index in [0.29, 0.717) is 24.7 Å². The number of unbranched alkanes of at least 4 members (excludes halogenated alkanes) is 1. The van der Waals surface area contributed by atoms with Crippen LogP contribution < -0.4 is 14.2 Å². The third-order valence-electron chi connectivity index (χ3n) is 4.13. The maximum absolute atomic E-state index is 12.1. The van der Waals surface area contributed by atoms with Gasteiger partial charge < -0.3 is 14.2 Å². The van der Waals surface area contributed by atoms with E-state index in [2.05, 4.69) is 6.92 Å². The Kier molecular flexibility index (Phi) is 7.93. The van der Waals surface area contributed by atoms with Crippen LogP contribution in [0, 0.1) is 13.8 Å². The van der Waals surface area contributed by atoms with Crippen LogP contribution in [0.15, 0.2) is 42.5 Å². The number of carbonyl (C=O) groups is 1. The molecule has 0 spiro atoms. The van der Waals surface area contributed by atoms with Gasteiger partial charge in [-0.2, -0.15) is 0 Å². The summed E-state index contributed by atoms with van der Waals surface area (Å²) in [6.07, 6.45) is 5.20. The molecule has 0 bridgehead atoms. The standard InChI is InChI=1S/C23H28O4/c1-5-7-14-26-21-12-9-19(16-22(21)25-6-2)10-13-23(24)27-20-11-8-17(3)18(4)15-20/h8-13,15-16H,5-7,14H2,1-4H3/b13-10+. The second-order valence-corrected chi connectivity index (χ2v) is 6.34. The molecule has 0 aromatic heterocycles. The van der Waals surface area contributed by atoms with E-state index in [-0.39, 0.29) is 0 Å². The first kappa shape index (κ1) is 20.6. The summed E-state index contributed by atoms with van der Waals surface area (Å²) in [7, 11) is 0. The number of esters is 1. The van der Waals surface area contributed by atoms with E-state index in [1.54, 1.807) is 12.1 Å². The fraction of sp³-hybridized carbons (Fsp3) is 0.348. The highest BCUT2D eigenvalue weighted by atomic mass is 16.5. The normalized spacial score (nSPS) is 10.8. The van der Waals surface area contributed by atoms with Gasteiger partial charge in [0.1, 0.15) is 5.75 Å². The van der Waals surface area contributed by atoms with Gasteiger partial charge in [0.25, 0.3) is 0 Å². The smallest absolute Gasteiger partial charge is 0.336 e. The van der Waals surface area contributed by atoms with Crippen LogP contribution in [0.2, 0.25) is 0 Å².